The number of aromatic nitrogens is 3. The van der Waals surface area contributed by atoms with Crippen LogP contribution in [0.2, 0.25) is 0 Å². The fourth-order valence-electron chi connectivity index (χ4n) is 3.56. The van der Waals surface area contributed by atoms with Gasteiger partial charge in [0, 0.05) is 18.4 Å². The highest BCUT2D eigenvalue weighted by Crippen LogP contribution is 2.32. The SMILES string of the molecule is CC(C)(C)OC(=O)NC[C@H]1COCCc2nc3c(N)nc4ccccc4c3n21. The highest BCUT2D eigenvalue weighted by molar-refractivity contribution is 6.06. The van der Waals surface area contributed by atoms with E-state index >= 15 is 0 Å². The number of nitrogens with two attached hydrogens (primary N) is 1. The second-order valence-electron chi connectivity index (χ2n) is 7.97. The van der Waals surface area contributed by atoms with Crippen molar-refractivity contribution in [3.8, 4) is 0 Å². The Morgan fingerprint density at radius 2 is 2.14 bits per heavy atom. The minimum Gasteiger partial charge on any atom is -0.444 e. The molecule has 1 atom stereocenters. The molecule has 3 heterocycles. The largest absolute Gasteiger partial charge is 0.444 e. The summed E-state index contributed by atoms with van der Waals surface area (Å²) in [6.45, 7) is 6.91. The number of hydrogen-bond donors (Lipinski definition) is 2. The number of para-hydroxylation sites is 1. The summed E-state index contributed by atoms with van der Waals surface area (Å²) in [5.74, 6) is 1.29. The Kier molecular flexibility index (Phi) is 4.58. The number of fused-ring (bicyclic) bond motifs is 5. The van der Waals surface area contributed by atoms with Crippen LogP contribution in [0.5, 0.6) is 0 Å². The van der Waals surface area contributed by atoms with Crippen molar-refractivity contribution in [3.63, 3.8) is 0 Å². The molecule has 1 aliphatic rings. The van der Waals surface area contributed by atoms with Crippen molar-refractivity contribution in [1.82, 2.24) is 19.9 Å². The molecule has 0 spiro atoms. The van der Waals surface area contributed by atoms with Gasteiger partial charge in [0.05, 0.1) is 30.3 Å². The molecule has 0 saturated heterocycles. The third-order valence-electron chi connectivity index (χ3n) is 4.65. The summed E-state index contributed by atoms with van der Waals surface area (Å²) in [7, 11) is 0. The van der Waals surface area contributed by atoms with E-state index in [0.29, 0.717) is 37.5 Å². The fourth-order valence-corrected chi connectivity index (χ4v) is 3.56. The molecular formula is C20H25N5O3. The molecule has 148 valence electrons. The lowest BCUT2D eigenvalue weighted by molar-refractivity contribution is 0.0505. The molecule has 8 heteroatoms. The molecular weight excluding hydrogens is 358 g/mol. The summed E-state index contributed by atoms with van der Waals surface area (Å²) in [5.41, 5.74) is 8.10. The van der Waals surface area contributed by atoms with Crippen molar-refractivity contribution >= 4 is 33.8 Å². The van der Waals surface area contributed by atoms with Gasteiger partial charge < -0.3 is 25.1 Å². The number of ether oxygens (including phenoxy) is 2. The molecule has 1 aliphatic heterocycles. The van der Waals surface area contributed by atoms with Gasteiger partial charge in [0.25, 0.3) is 0 Å². The average Bonchev–Trinajstić information content (AvgIpc) is 2.89. The van der Waals surface area contributed by atoms with Crippen LogP contribution in [0.3, 0.4) is 0 Å². The number of nitrogen functional groups attached to an aromatic ring is 1. The molecule has 0 unspecified atom stereocenters. The first kappa shape index (κ1) is 18.5. The summed E-state index contributed by atoms with van der Waals surface area (Å²) in [6, 6.07) is 7.74. The minimum absolute atomic E-state index is 0.125. The number of imidazole rings is 1. The molecule has 4 rings (SSSR count). The first-order chi connectivity index (χ1) is 13.3. The number of amides is 1. The number of carbonyl (C=O) groups is 1. The molecule has 0 bridgehead atoms. The van der Waals surface area contributed by atoms with Crippen LogP contribution < -0.4 is 11.1 Å². The van der Waals surface area contributed by atoms with Gasteiger partial charge in [-0.05, 0) is 26.8 Å². The molecule has 0 aliphatic carbocycles. The highest BCUT2D eigenvalue weighted by Gasteiger charge is 2.26. The number of benzene rings is 1. The molecule has 1 amide bonds. The molecule has 0 fully saturated rings. The molecule has 0 radical (unpaired) electrons. The zero-order valence-electron chi connectivity index (χ0n) is 16.4. The van der Waals surface area contributed by atoms with E-state index in [1.165, 1.54) is 0 Å². The van der Waals surface area contributed by atoms with Crippen LogP contribution in [-0.2, 0) is 15.9 Å². The smallest absolute Gasteiger partial charge is 0.407 e. The monoisotopic (exact) mass is 383 g/mol. The van der Waals surface area contributed by atoms with Gasteiger partial charge in [-0.1, -0.05) is 18.2 Å². The molecule has 0 saturated carbocycles. The predicted molar refractivity (Wildman–Crippen MR) is 107 cm³/mol. The van der Waals surface area contributed by atoms with Crippen molar-refractivity contribution in [3.05, 3.63) is 30.1 Å². The molecule has 3 N–H and O–H groups in total. The third-order valence-corrected chi connectivity index (χ3v) is 4.65. The zero-order chi connectivity index (χ0) is 19.9. The normalized spacial score (nSPS) is 17.3. The van der Waals surface area contributed by atoms with Gasteiger partial charge in [-0.3, -0.25) is 0 Å². The van der Waals surface area contributed by atoms with E-state index in [1.54, 1.807) is 0 Å². The lowest BCUT2D eigenvalue weighted by atomic mass is 10.1. The Hall–Kier alpha value is -2.87. The van der Waals surface area contributed by atoms with Gasteiger partial charge >= 0.3 is 6.09 Å². The van der Waals surface area contributed by atoms with Crippen molar-refractivity contribution < 1.29 is 14.3 Å². The number of rotatable bonds is 2. The van der Waals surface area contributed by atoms with Crippen molar-refractivity contribution in [2.75, 3.05) is 25.5 Å². The lowest BCUT2D eigenvalue weighted by Gasteiger charge is -2.23. The number of anilines is 1. The second kappa shape index (κ2) is 6.94. The topological polar surface area (TPSA) is 104 Å². The maximum atomic E-state index is 12.1. The van der Waals surface area contributed by atoms with Crippen LogP contribution in [-0.4, -0.2) is 46.0 Å². The minimum atomic E-state index is -0.548. The quantitative estimate of drug-likeness (QED) is 0.705. The van der Waals surface area contributed by atoms with E-state index < -0.39 is 11.7 Å². The Balaban J connectivity index is 1.76. The zero-order valence-corrected chi connectivity index (χ0v) is 16.4. The highest BCUT2D eigenvalue weighted by atomic mass is 16.6. The number of nitrogens with one attached hydrogen (secondary N) is 1. The number of hydrogen-bond acceptors (Lipinski definition) is 6. The number of pyridine rings is 1. The lowest BCUT2D eigenvalue weighted by Crippen LogP contribution is -2.37. The van der Waals surface area contributed by atoms with Gasteiger partial charge in [-0.25, -0.2) is 14.8 Å². The number of alkyl carbamates (subject to hydrolysis) is 1. The maximum absolute atomic E-state index is 12.1. The van der Waals surface area contributed by atoms with Gasteiger partial charge in [0.15, 0.2) is 5.82 Å². The molecule has 28 heavy (non-hydrogen) atoms. The molecule has 3 aromatic rings. The van der Waals surface area contributed by atoms with Crippen LogP contribution in [0.15, 0.2) is 24.3 Å². The van der Waals surface area contributed by atoms with Gasteiger partial charge in [0.2, 0.25) is 0 Å². The van der Waals surface area contributed by atoms with Crippen LogP contribution in [0, 0.1) is 0 Å². The number of nitrogens with zero attached hydrogens (tertiary/aromatic N) is 3. The standard InChI is InChI=1S/C20H25N5O3/c1-20(2,3)28-19(26)22-10-12-11-27-9-8-15-24-16-17(25(12)15)13-6-4-5-7-14(13)23-18(16)21/h4-7,12H,8-11H2,1-3H3,(H2,21,23)(H,22,26)/t12-/m0/s1. The molecule has 2 aromatic heterocycles. The van der Waals surface area contributed by atoms with Crippen LogP contribution >= 0.6 is 0 Å². The van der Waals surface area contributed by atoms with E-state index in [9.17, 15) is 4.79 Å². The van der Waals surface area contributed by atoms with E-state index in [0.717, 1.165) is 22.2 Å². The molecule has 8 nitrogen and oxygen atoms in total. The van der Waals surface area contributed by atoms with Gasteiger partial charge in [0.1, 0.15) is 16.9 Å². The first-order valence-corrected chi connectivity index (χ1v) is 9.43. The Morgan fingerprint density at radius 1 is 1.36 bits per heavy atom. The van der Waals surface area contributed by atoms with Crippen molar-refractivity contribution in [1.29, 1.82) is 0 Å². The van der Waals surface area contributed by atoms with Crippen molar-refractivity contribution in [2.24, 2.45) is 0 Å². The van der Waals surface area contributed by atoms with Gasteiger partial charge in [-0.2, -0.15) is 0 Å². The average molecular weight is 383 g/mol. The van der Waals surface area contributed by atoms with Gasteiger partial charge in [-0.15, -0.1) is 0 Å². The van der Waals surface area contributed by atoms with E-state index in [1.807, 2.05) is 45.0 Å². The van der Waals surface area contributed by atoms with Crippen LogP contribution in [0.4, 0.5) is 10.6 Å². The Morgan fingerprint density at radius 3 is 2.93 bits per heavy atom. The van der Waals surface area contributed by atoms with Crippen LogP contribution in [0.1, 0.15) is 32.6 Å². The van der Waals surface area contributed by atoms with Crippen LogP contribution in [0.25, 0.3) is 21.9 Å². The summed E-state index contributed by atoms with van der Waals surface area (Å²) in [4.78, 5) is 21.4. The maximum Gasteiger partial charge on any atom is 0.407 e. The summed E-state index contributed by atoms with van der Waals surface area (Å²) >= 11 is 0. The Bertz CT molecular complexity index is 1040. The van der Waals surface area contributed by atoms with Crippen molar-refractivity contribution in [2.45, 2.75) is 38.8 Å². The van der Waals surface area contributed by atoms with E-state index in [2.05, 4.69) is 14.9 Å². The summed E-state index contributed by atoms with van der Waals surface area (Å²) < 4.78 is 13.3. The predicted octanol–water partition coefficient (Wildman–Crippen LogP) is 2.81. The van der Waals surface area contributed by atoms with E-state index in [-0.39, 0.29) is 6.04 Å². The van der Waals surface area contributed by atoms with E-state index in [4.69, 9.17) is 20.2 Å². The number of carbonyl (C=O) groups excluding carboxylic acids is 1. The fraction of sp³-hybridized carbons (Fsp3) is 0.450. The summed E-state index contributed by atoms with van der Waals surface area (Å²) in [6.07, 6.45) is 0.222. The summed E-state index contributed by atoms with van der Waals surface area (Å²) in [5, 5.41) is 3.84. The second-order valence-corrected chi connectivity index (χ2v) is 7.97. The molecule has 1 aromatic carbocycles. The Labute approximate surface area is 163 Å². The third kappa shape index (κ3) is 3.47. The first-order valence-electron chi connectivity index (χ1n) is 9.43.